The molecule has 0 bridgehead atoms. The minimum absolute atomic E-state index is 0.0649. The number of carbonyl (C=O) groups is 2. The van der Waals surface area contributed by atoms with Gasteiger partial charge in [-0.05, 0) is 43.2 Å². The van der Waals surface area contributed by atoms with E-state index in [0.29, 0.717) is 37.4 Å². The molecule has 22 heavy (non-hydrogen) atoms. The van der Waals surface area contributed by atoms with Crippen molar-refractivity contribution in [3.63, 3.8) is 0 Å². The van der Waals surface area contributed by atoms with Gasteiger partial charge >= 0.3 is 0 Å². The maximum atomic E-state index is 12.0. The van der Waals surface area contributed by atoms with Crippen LogP contribution in [0.2, 0.25) is 0 Å². The summed E-state index contributed by atoms with van der Waals surface area (Å²) in [7, 11) is 0. The smallest absolute Gasteiger partial charge is 0.252 e. The molecule has 1 aromatic heterocycles. The summed E-state index contributed by atoms with van der Waals surface area (Å²) in [6.07, 6.45) is 5.61. The van der Waals surface area contributed by atoms with Gasteiger partial charge in [-0.1, -0.05) is 12.8 Å². The summed E-state index contributed by atoms with van der Waals surface area (Å²) >= 11 is 1.50. The summed E-state index contributed by atoms with van der Waals surface area (Å²) in [5, 5.41) is 9.63. The Morgan fingerprint density at radius 3 is 2.86 bits per heavy atom. The van der Waals surface area contributed by atoms with Gasteiger partial charge in [-0.3, -0.25) is 9.59 Å². The van der Waals surface area contributed by atoms with Gasteiger partial charge in [-0.25, -0.2) is 0 Å². The van der Waals surface area contributed by atoms with E-state index in [9.17, 15) is 9.59 Å². The van der Waals surface area contributed by atoms with Crippen molar-refractivity contribution in [2.75, 3.05) is 13.1 Å². The van der Waals surface area contributed by atoms with Gasteiger partial charge < -0.3 is 16.4 Å². The molecule has 1 aliphatic rings. The number of nitrogens with one attached hydrogen (secondary N) is 2. The third kappa shape index (κ3) is 5.10. The van der Waals surface area contributed by atoms with Crippen molar-refractivity contribution in [1.82, 2.24) is 10.6 Å². The Hall–Kier alpha value is -1.40. The van der Waals surface area contributed by atoms with Crippen molar-refractivity contribution in [1.29, 1.82) is 0 Å². The van der Waals surface area contributed by atoms with E-state index in [1.807, 2.05) is 10.8 Å². The SMILES string of the molecule is NCC1CCCCC1NC(=O)CCCNC(=O)c1ccsc1. The molecule has 2 rings (SSSR count). The highest BCUT2D eigenvalue weighted by molar-refractivity contribution is 7.08. The van der Waals surface area contributed by atoms with Crippen LogP contribution in [0.3, 0.4) is 0 Å². The van der Waals surface area contributed by atoms with Crippen molar-refractivity contribution in [2.24, 2.45) is 11.7 Å². The zero-order valence-electron chi connectivity index (χ0n) is 12.8. The van der Waals surface area contributed by atoms with Crippen molar-refractivity contribution >= 4 is 23.2 Å². The van der Waals surface area contributed by atoms with Crippen LogP contribution in [0.1, 0.15) is 48.9 Å². The second kappa shape index (κ2) is 8.90. The second-order valence-corrected chi connectivity index (χ2v) is 6.61. The van der Waals surface area contributed by atoms with Crippen LogP contribution in [0.4, 0.5) is 0 Å². The Morgan fingerprint density at radius 2 is 2.14 bits per heavy atom. The number of rotatable bonds is 7. The molecule has 0 radical (unpaired) electrons. The Bertz CT molecular complexity index is 476. The molecule has 5 nitrogen and oxygen atoms in total. The van der Waals surface area contributed by atoms with E-state index in [1.54, 1.807) is 6.07 Å². The minimum Gasteiger partial charge on any atom is -0.353 e. The Balaban J connectivity index is 1.62. The predicted molar refractivity (Wildman–Crippen MR) is 88.8 cm³/mol. The van der Waals surface area contributed by atoms with E-state index in [1.165, 1.54) is 17.8 Å². The molecule has 0 spiro atoms. The van der Waals surface area contributed by atoms with Gasteiger partial charge in [-0.15, -0.1) is 0 Å². The maximum absolute atomic E-state index is 12.0. The van der Waals surface area contributed by atoms with E-state index in [4.69, 9.17) is 5.73 Å². The topological polar surface area (TPSA) is 84.2 Å². The van der Waals surface area contributed by atoms with Crippen molar-refractivity contribution < 1.29 is 9.59 Å². The number of hydrogen-bond acceptors (Lipinski definition) is 4. The van der Waals surface area contributed by atoms with Gasteiger partial charge in [0.25, 0.3) is 5.91 Å². The largest absolute Gasteiger partial charge is 0.353 e. The van der Waals surface area contributed by atoms with Crippen LogP contribution in [0.5, 0.6) is 0 Å². The van der Waals surface area contributed by atoms with Crippen LogP contribution in [-0.2, 0) is 4.79 Å². The van der Waals surface area contributed by atoms with E-state index in [0.717, 1.165) is 19.3 Å². The summed E-state index contributed by atoms with van der Waals surface area (Å²) in [4.78, 5) is 23.7. The van der Waals surface area contributed by atoms with E-state index < -0.39 is 0 Å². The lowest BCUT2D eigenvalue weighted by atomic mass is 9.84. The van der Waals surface area contributed by atoms with Crippen LogP contribution < -0.4 is 16.4 Å². The van der Waals surface area contributed by atoms with E-state index >= 15 is 0 Å². The molecule has 122 valence electrons. The summed E-state index contributed by atoms with van der Waals surface area (Å²) in [6, 6.07) is 2.02. The summed E-state index contributed by atoms with van der Waals surface area (Å²) < 4.78 is 0. The number of amides is 2. The van der Waals surface area contributed by atoms with Crippen LogP contribution in [0.15, 0.2) is 16.8 Å². The van der Waals surface area contributed by atoms with Crippen LogP contribution in [0, 0.1) is 5.92 Å². The highest BCUT2D eigenvalue weighted by atomic mass is 32.1. The molecule has 1 saturated carbocycles. The molecule has 6 heteroatoms. The molecule has 4 N–H and O–H groups in total. The van der Waals surface area contributed by atoms with Gasteiger partial charge in [0.1, 0.15) is 0 Å². The average molecular weight is 323 g/mol. The average Bonchev–Trinajstić information content (AvgIpc) is 3.06. The molecule has 1 fully saturated rings. The zero-order valence-corrected chi connectivity index (χ0v) is 13.7. The summed E-state index contributed by atoms with van der Waals surface area (Å²) in [5.74, 6) is 0.406. The normalized spacial score (nSPS) is 21.3. The van der Waals surface area contributed by atoms with Gasteiger partial charge in [0.05, 0.1) is 0 Å². The number of thiophene rings is 1. The molecule has 1 aliphatic carbocycles. The lowest BCUT2D eigenvalue weighted by Gasteiger charge is -2.31. The summed E-state index contributed by atoms with van der Waals surface area (Å²) in [6.45, 7) is 1.16. The maximum Gasteiger partial charge on any atom is 0.252 e. The van der Waals surface area contributed by atoms with Crippen molar-refractivity contribution in [3.05, 3.63) is 22.4 Å². The molecule has 0 aromatic carbocycles. The highest BCUT2D eigenvalue weighted by Crippen LogP contribution is 2.23. The Labute approximate surface area is 135 Å². The van der Waals surface area contributed by atoms with Crippen molar-refractivity contribution in [3.8, 4) is 0 Å². The molecular weight excluding hydrogens is 298 g/mol. The quantitative estimate of drug-likeness (QED) is 0.670. The standard InChI is InChI=1S/C16H25N3O2S/c17-10-12-4-1-2-5-14(12)19-15(20)6-3-8-18-16(21)13-7-9-22-11-13/h7,9,11-12,14H,1-6,8,10,17H2,(H,18,21)(H,19,20). The molecule has 1 aromatic rings. The Morgan fingerprint density at radius 1 is 1.32 bits per heavy atom. The van der Waals surface area contributed by atoms with Gasteiger partial charge in [0.2, 0.25) is 5.91 Å². The third-order valence-corrected chi connectivity index (χ3v) is 4.89. The first-order chi connectivity index (χ1) is 10.7. The lowest BCUT2D eigenvalue weighted by molar-refractivity contribution is -0.122. The molecule has 2 unspecified atom stereocenters. The third-order valence-electron chi connectivity index (χ3n) is 4.21. The monoisotopic (exact) mass is 323 g/mol. The van der Waals surface area contributed by atoms with E-state index in [-0.39, 0.29) is 17.9 Å². The van der Waals surface area contributed by atoms with Crippen LogP contribution in [-0.4, -0.2) is 30.9 Å². The number of carbonyl (C=O) groups excluding carboxylic acids is 2. The van der Waals surface area contributed by atoms with Crippen LogP contribution >= 0.6 is 11.3 Å². The van der Waals surface area contributed by atoms with Crippen LogP contribution in [0.25, 0.3) is 0 Å². The fourth-order valence-electron chi connectivity index (χ4n) is 2.91. The van der Waals surface area contributed by atoms with Gasteiger partial charge in [0.15, 0.2) is 0 Å². The summed E-state index contributed by atoms with van der Waals surface area (Å²) in [5.41, 5.74) is 6.46. The first-order valence-electron chi connectivity index (χ1n) is 8.00. The fraction of sp³-hybridized carbons (Fsp3) is 0.625. The van der Waals surface area contributed by atoms with Crippen molar-refractivity contribution in [2.45, 2.75) is 44.6 Å². The molecule has 2 atom stereocenters. The first kappa shape index (κ1) is 17.0. The fourth-order valence-corrected chi connectivity index (χ4v) is 3.54. The number of hydrogen-bond donors (Lipinski definition) is 3. The zero-order chi connectivity index (χ0) is 15.8. The van der Waals surface area contributed by atoms with E-state index in [2.05, 4.69) is 10.6 Å². The molecule has 2 amide bonds. The van der Waals surface area contributed by atoms with Gasteiger partial charge in [-0.2, -0.15) is 11.3 Å². The highest BCUT2D eigenvalue weighted by Gasteiger charge is 2.24. The molecule has 0 aliphatic heterocycles. The van der Waals surface area contributed by atoms with Gasteiger partial charge in [0, 0.05) is 30.0 Å². The molecular formula is C16H25N3O2S. The second-order valence-electron chi connectivity index (χ2n) is 5.83. The molecule has 0 saturated heterocycles. The molecule has 1 heterocycles. The minimum atomic E-state index is -0.0721. The predicted octanol–water partition coefficient (Wildman–Crippen LogP) is 1.89. The first-order valence-corrected chi connectivity index (χ1v) is 8.95. The number of nitrogens with two attached hydrogens (primary N) is 1. The Kier molecular flexibility index (Phi) is 6.86. The lowest BCUT2D eigenvalue weighted by Crippen LogP contribution is -2.44.